The van der Waals surface area contributed by atoms with Crippen molar-refractivity contribution in [2.75, 3.05) is 0 Å². The van der Waals surface area contributed by atoms with Gasteiger partial charge in [0.15, 0.2) is 0 Å². The number of carbonyl (C=O) groups excluding carboxylic acids is 1. The van der Waals surface area contributed by atoms with Crippen molar-refractivity contribution in [1.29, 1.82) is 0 Å². The maximum Gasteiger partial charge on any atom is 0.416 e. The van der Waals surface area contributed by atoms with Crippen molar-refractivity contribution in [3.63, 3.8) is 0 Å². The number of nitrogens with one attached hydrogen (secondary N) is 1. The number of hydrogen-bond donors (Lipinski definition) is 1. The van der Waals surface area contributed by atoms with E-state index in [-0.39, 0.29) is 18.4 Å². The monoisotopic (exact) mass is 546 g/mol. The molecule has 1 N–H and O–H groups in total. The summed E-state index contributed by atoms with van der Waals surface area (Å²) in [5.41, 5.74) is 3.51. The molecule has 1 amide bonds. The van der Waals surface area contributed by atoms with E-state index >= 15 is 0 Å². The summed E-state index contributed by atoms with van der Waals surface area (Å²) in [6, 6.07) is 28.6. The van der Waals surface area contributed by atoms with Crippen molar-refractivity contribution in [2.24, 2.45) is 10.9 Å². The number of alkyl halides is 3. The molecule has 0 atom stereocenters. The van der Waals surface area contributed by atoms with E-state index in [1.807, 2.05) is 43.3 Å². The Morgan fingerprint density at radius 1 is 0.846 bits per heavy atom. The highest BCUT2D eigenvalue weighted by Crippen LogP contribution is 2.31. The number of carbonyl (C=O) groups is 1. The SMILES string of the molecule is Cc1ccc(C(=O)NCc2cccc(C(F)(F)F)c2)cc1N=C(c1cccc(Sc2ccccc2)c1)C(C)C. The maximum absolute atomic E-state index is 13.0. The molecule has 3 nitrogen and oxygen atoms in total. The van der Waals surface area contributed by atoms with Gasteiger partial charge in [0.1, 0.15) is 0 Å². The summed E-state index contributed by atoms with van der Waals surface area (Å²) < 4.78 is 39.1. The molecule has 0 fully saturated rings. The summed E-state index contributed by atoms with van der Waals surface area (Å²) >= 11 is 1.68. The van der Waals surface area contributed by atoms with E-state index in [4.69, 9.17) is 4.99 Å². The molecule has 7 heteroatoms. The largest absolute Gasteiger partial charge is 0.416 e. The zero-order valence-corrected chi connectivity index (χ0v) is 22.7. The van der Waals surface area contributed by atoms with Crippen LogP contribution in [0.3, 0.4) is 0 Å². The second-order valence-corrected chi connectivity index (χ2v) is 10.6. The Morgan fingerprint density at radius 2 is 1.56 bits per heavy atom. The summed E-state index contributed by atoms with van der Waals surface area (Å²) in [6.45, 7) is 6.08. The van der Waals surface area contributed by atoms with Gasteiger partial charge in [0, 0.05) is 21.9 Å². The molecule has 0 bridgehead atoms. The highest BCUT2D eigenvalue weighted by Gasteiger charge is 2.30. The van der Waals surface area contributed by atoms with Gasteiger partial charge >= 0.3 is 6.18 Å². The molecule has 0 aromatic heterocycles. The normalized spacial score (nSPS) is 12.0. The third kappa shape index (κ3) is 7.60. The average molecular weight is 547 g/mol. The number of rotatable bonds is 8. The molecule has 4 rings (SSSR count). The Morgan fingerprint density at radius 3 is 2.28 bits per heavy atom. The Bertz CT molecular complexity index is 1480. The minimum absolute atomic E-state index is 0.0155. The first-order valence-corrected chi connectivity index (χ1v) is 13.4. The predicted molar refractivity (Wildman–Crippen MR) is 152 cm³/mol. The number of aliphatic imine (C=N–C) groups is 1. The van der Waals surface area contributed by atoms with E-state index in [1.165, 1.54) is 6.07 Å². The molecular weight excluding hydrogens is 517 g/mol. The third-order valence-electron chi connectivity index (χ3n) is 6.08. The lowest BCUT2D eigenvalue weighted by Crippen LogP contribution is -2.23. The van der Waals surface area contributed by atoms with E-state index in [2.05, 4.69) is 43.4 Å². The van der Waals surface area contributed by atoms with E-state index in [0.717, 1.165) is 38.8 Å². The minimum Gasteiger partial charge on any atom is -0.348 e. The fourth-order valence-corrected chi connectivity index (χ4v) is 4.91. The smallest absolute Gasteiger partial charge is 0.348 e. The summed E-state index contributed by atoms with van der Waals surface area (Å²) in [7, 11) is 0. The van der Waals surface area contributed by atoms with Crippen LogP contribution in [0.15, 0.2) is 112 Å². The molecule has 4 aromatic carbocycles. The standard InChI is InChI=1S/C32H29F3N2OS/c1-21(2)30(24-10-8-14-28(18-24)39-27-12-5-4-6-13-27)37-29-19-25(16-15-22(29)3)31(38)36-20-23-9-7-11-26(17-23)32(33,34)35/h4-19,21H,20H2,1-3H3,(H,36,38). The quantitative estimate of drug-likeness (QED) is 0.224. The Labute approximate surface area is 231 Å². The number of aryl methyl sites for hydroxylation is 1. The molecule has 4 aromatic rings. The fraction of sp³-hybridized carbons (Fsp3) is 0.188. The van der Waals surface area contributed by atoms with Gasteiger partial charge in [-0.2, -0.15) is 13.2 Å². The zero-order chi connectivity index (χ0) is 28.0. The van der Waals surface area contributed by atoms with Gasteiger partial charge in [-0.1, -0.05) is 74.1 Å². The van der Waals surface area contributed by atoms with Crippen LogP contribution >= 0.6 is 11.8 Å². The second-order valence-electron chi connectivity index (χ2n) is 9.48. The Balaban J connectivity index is 1.55. The van der Waals surface area contributed by atoms with Gasteiger partial charge < -0.3 is 5.32 Å². The van der Waals surface area contributed by atoms with Gasteiger partial charge in [0.05, 0.1) is 17.0 Å². The van der Waals surface area contributed by atoms with Crippen molar-refractivity contribution in [2.45, 2.75) is 43.3 Å². The lowest BCUT2D eigenvalue weighted by atomic mass is 9.99. The summed E-state index contributed by atoms with van der Waals surface area (Å²) in [5.74, 6) is -0.254. The van der Waals surface area contributed by atoms with Gasteiger partial charge in [-0.05, 0) is 78.1 Å². The van der Waals surface area contributed by atoms with Crippen LogP contribution in [0.5, 0.6) is 0 Å². The highest BCUT2D eigenvalue weighted by atomic mass is 32.2. The molecule has 0 saturated carbocycles. The number of hydrogen-bond acceptors (Lipinski definition) is 3. The molecule has 200 valence electrons. The number of amides is 1. The van der Waals surface area contributed by atoms with E-state index in [1.54, 1.807) is 30.0 Å². The van der Waals surface area contributed by atoms with Crippen LogP contribution < -0.4 is 5.32 Å². The first-order valence-electron chi connectivity index (χ1n) is 12.6. The fourth-order valence-electron chi connectivity index (χ4n) is 4.01. The van der Waals surface area contributed by atoms with Crippen molar-refractivity contribution in [3.8, 4) is 0 Å². The molecule has 0 aliphatic heterocycles. The molecular formula is C32H29F3N2OS. The average Bonchev–Trinajstić information content (AvgIpc) is 2.91. The summed E-state index contributed by atoms with van der Waals surface area (Å²) in [5, 5.41) is 2.72. The zero-order valence-electron chi connectivity index (χ0n) is 21.9. The van der Waals surface area contributed by atoms with Gasteiger partial charge in [-0.15, -0.1) is 0 Å². The highest BCUT2D eigenvalue weighted by molar-refractivity contribution is 7.99. The van der Waals surface area contributed by atoms with E-state index < -0.39 is 11.7 Å². The first kappa shape index (κ1) is 28.2. The summed E-state index contributed by atoms with van der Waals surface area (Å²) in [6.07, 6.45) is -4.43. The van der Waals surface area contributed by atoms with Crippen molar-refractivity contribution in [1.82, 2.24) is 5.32 Å². The van der Waals surface area contributed by atoms with Gasteiger partial charge in [-0.25, -0.2) is 0 Å². The predicted octanol–water partition coefficient (Wildman–Crippen LogP) is 8.87. The number of nitrogens with zero attached hydrogens (tertiary/aromatic N) is 1. The van der Waals surface area contributed by atoms with Crippen molar-refractivity contribution in [3.05, 3.63) is 125 Å². The summed E-state index contributed by atoms with van der Waals surface area (Å²) in [4.78, 5) is 20.1. The van der Waals surface area contributed by atoms with E-state index in [9.17, 15) is 18.0 Å². The van der Waals surface area contributed by atoms with Crippen molar-refractivity contribution >= 4 is 29.1 Å². The van der Waals surface area contributed by atoms with Crippen LogP contribution in [-0.4, -0.2) is 11.6 Å². The Kier molecular flexibility index (Phi) is 8.92. The van der Waals surface area contributed by atoms with Gasteiger partial charge in [0.2, 0.25) is 0 Å². The minimum atomic E-state index is -4.43. The lowest BCUT2D eigenvalue weighted by Gasteiger charge is -2.14. The maximum atomic E-state index is 13.0. The molecule has 0 heterocycles. The molecule has 0 saturated heterocycles. The molecule has 0 unspecified atom stereocenters. The molecule has 0 radical (unpaired) electrons. The van der Waals surface area contributed by atoms with Gasteiger partial charge in [0.25, 0.3) is 5.91 Å². The number of benzene rings is 4. The van der Waals surface area contributed by atoms with Crippen LogP contribution in [0.25, 0.3) is 0 Å². The van der Waals surface area contributed by atoms with Crippen LogP contribution in [-0.2, 0) is 12.7 Å². The second kappa shape index (κ2) is 12.3. The topological polar surface area (TPSA) is 41.5 Å². The number of halogens is 3. The van der Waals surface area contributed by atoms with Crippen molar-refractivity contribution < 1.29 is 18.0 Å². The first-order chi connectivity index (χ1) is 18.6. The third-order valence-corrected chi connectivity index (χ3v) is 7.07. The van der Waals surface area contributed by atoms with Crippen LogP contribution in [0.1, 0.15) is 46.5 Å². The lowest BCUT2D eigenvalue weighted by molar-refractivity contribution is -0.137. The molecule has 0 aliphatic carbocycles. The van der Waals surface area contributed by atoms with E-state index in [0.29, 0.717) is 16.8 Å². The molecule has 0 spiro atoms. The van der Waals surface area contributed by atoms with Crippen LogP contribution in [0, 0.1) is 12.8 Å². The van der Waals surface area contributed by atoms with Gasteiger partial charge in [-0.3, -0.25) is 9.79 Å². The molecule has 39 heavy (non-hydrogen) atoms. The molecule has 0 aliphatic rings. The van der Waals surface area contributed by atoms with Crippen LogP contribution in [0.4, 0.5) is 18.9 Å². The van der Waals surface area contributed by atoms with Crippen LogP contribution in [0.2, 0.25) is 0 Å². The Hall–Kier alpha value is -3.84.